The second-order valence-corrected chi connectivity index (χ2v) is 5.53. The Balaban J connectivity index is 1.75. The number of quaternary nitrogens is 1. The van der Waals surface area contributed by atoms with Crippen molar-refractivity contribution in [3.05, 3.63) is 35.9 Å². The van der Waals surface area contributed by atoms with E-state index >= 15 is 0 Å². The molecule has 18 heavy (non-hydrogen) atoms. The summed E-state index contributed by atoms with van der Waals surface area (Å²) in [5.74, 6) is 0. The van der Waals surface area contributed by atoms with Crippen LogP contribution in [-0.4, -0.2) is 26.4 Å². The van der Waals surface area contributed by atoms with Gasteiger partial charge in [-0.1, -0.05) is 43.1 Å². The van der Waals surface area contributed by atoms with Gasteiger partial charge < -0.3 is 14.1 Å². The number of hydrogen-bond donors (Lipinski definition) is 1. The molecule has 0 bridgehead atoms. The summed E-state index contributed by atoms with van der Waals surface area (Å²) in [7, 11) is 0. The van der Waals surface area contributed by atoms with E-state index in [1.807, 2.05) is 0 Å². The summed E-state index contributed by atoms with van der Waals surface area (Å²) < 4.78 is 12.2. The van der Waals surface area contributed by atoms with Gasteiger partial charge in [0.05, 0.1) is 6.54 Å². The van der Waals surface area contributed by atoms with Crippen LogP contribution in [-0.2, 0) is 15.9 Å². The Hall–Kier alpha value is -0.835. The van der Waals surface area contributed by atoms with Gasteiger partial charge in [-0.2, -0.15) is 0 Å². The Morgan fingerprint density at radius 1 is 1.00 bits per heavy atom. The molecule has 2 heterocycles. The summed E-state index contributed by atoms with van der Waals surface area (Å²) in [5.41, 5.74) is 1.38. The van der Waals surface area contributed by atoms with Gasteiger partial charge in [0.1, 0.15) is 0 Å². The zero-order valence-electron chi connectivity index (χ0n) is 10.9. The quantitative estimate of drug-likeness (QED) is 0.794. The van der Waals surface area contributed by atoms with Crippen molar-refractivity contribution < 1.29 is 14.1 Å². The maximum absolute atomic E-state index is 6.09. The topological polar surface area (TPSA) is 22.9 Å². The van der Waals surface area contributed by atoms with Crippen molar-refractivity contribution >= 4 is 6.69 Å². The van der Waals surface area contributed by atoms with Crippen LogP contribution >= 0.6 is 0 Å². The smallest absolute Gasteiger partial charge is 0.471 e. The van der Waals surface area contributed by atoms with Crippen LogP contribution in [0.5, 0.6) is 0 Å². The monoisotopic (exact) mass is 247 g/mol. The molecule has 0 aromatic heterocycles. The van der Waals surface area contributed by atoms with Crippen LogP contribution in [0.25, 0.3) is 0 Å². The first kappa shape index (κ1) is 12.2. The van der Waals surface area contributed by atoms with Gasteiger partial charge in [-0.15, -0.1) is 0 Å². The number of nitrogens with one attached hydrogen (secondary N) is 1. The fourth-order valence-electron chi connectivity index (χ4n) is 3.35. The van der Waals surface area contributed by atoms with Crippen LogP contribution in [0, 0.1) is 0 Å². The average molecular weight is 247 g/mol. The highest BCUT2D eigenvalue weighted by Crippen LogP contribution is 2.19. The SMILES string of the molecule is c1ccc(C[NH+]2CCCC[B-]23OCCCO3)cc1. The minimum absolute atomic E-state index is 0.873. The molecule has 2 saturated heterocycles. The van der Waals surface area contributed by atoms with E-state index in [0.717, 1.165) is 32.5 Å². The molecule has 4 heteroatoms. The molecule has 1 N–H and O–H groups in total. The summed E-state index contributed by atoms with van der Waals surface area (Å²) in [6.07, 6.45) is 4.68. The second-order valence-electron chi connectivity index (χ2n) is 5.53. The molecule has 1 unspecified atom stereocenters. The van der Waals surface area contributed by atoms with Crippen molar-refractivity contribution in [3.63, 3.8) is 0 Å². The van der Waals surface area contributed by atoms with Gasteiger partial charge in [-0.05, 0) is 12.8 Å². The van der Waals surface area contributed by atoms with Gasteiger partial charge in [-0.3, -0.25) is 0 Å². The zero-order chi connectivity index (χ0) is 12.3. The van der Waals surface area contributed by atoms with Crippen LogP contribution in [0.4, 0.5) is 0 Å². The molecule has 1 aromatic carbocycles. The Kier molecular flexibility index (Phi) is 3.68. The maximum Gasteiger partial charge on any atom is 0.471 e. The second kappa shape index (κ2) is 5.43. The van der Waals surface area contributed by atoms with E-state index in [9.17, 15) is 0 Å². The lowest BCUT2D eigenvalue weighted by Crippen LogP contribution is -3.24. The van der Waals surface area contributed by atoms with E-state index in [4.69, 9.17) is 9.31 Å². The molecule has 98 valence electrons. The van der Waals surface area contributed by atoms with Crippen LogP contribution in [0.2, 0.25) is 6.32 Å². The summed E-state index contributed by atoms with van der Waals surface area (Å²) in [5, 5.41) is 0. The molecule has 0 radical (unpaired) electrons. The van der Waals surface area contributed by atoms with Crippen LogP contribution in [0.3, 0.4) is 0 Å². The van der Waals surface area contributed by atoms with Gasteiger partial charge in [0.25, 0.3) is 0 Å². The molecule has 2 fully saturated rings. The van der Waals surface area contributed by atoms with Gasteiger partial charge >= 0.3 is 6.69 Å². The van der Waals surface area contributed by atoms with Crippen molar-refractivity contribution in [3.8, 4) is 0 Å². The molecule has 2 aliphatic rings. The van der Waals surface area contributed by atoms with Crippen molar-refractivity contribution in [1.29, 1.82) is 0 Å². The fraction of sp³-hybridized carbons (Fsp3) is 0.571. The Labute approximate surface area is 109 Å². The molecule has 1 aromatic rings. The normalized spacial score (nSPS) is 27.2. The summed E-state index contributed by atoms with van der Waals surface area (Å²) in [4.78, 5) is 1.51. The maximum atomic E-state index is 6.09. The predicted octanol–water partition coefficient (Wildman–Crippen LogP) is 1.24. The highest BCUT2D eigenvalue weighted by Gasteiger charge is 2.44. The zero-order valence-corrected chi connectivity index (χ0v) is 10.9. The highest BCUT2D eigenvalue weighted by atomic mass is 16.6. The van der Waals surface area contributed by atoms with Gasteiger partial charge in [-0.25, -0.2) is 0 Å². The van der Waals surface area contributed by atoms with Crippen LogP contribution in [0.1, 0.15) is 24.8 Å². The summed E-state index contributed by atoms with van der Waals surface area (Å²) >= 11 is 0. The summed E-state index contributed by atoms with van der Waals surface area (Å²) in [6, 6.07) is 10.7. The van der Waals surface area contributed by atoms with Crippen LogP contribution in [0.15, 0.2) is 30.3 Å². The van der Waals surface area contributed by atoms with E-state index in [-0.39, 0.29) is 0 Å². The predicted molar refractivity (Wildman–Crippen MR) is 72.3 cm³/mol. The minimum atomic E-state index is -1.08. The van der Waals surface area contributed by atoms with Crippen molar-refractivity contribution in [2.24, 2.45) is 0 Å². The van der Waals surface area contributed by atoms with E-state index in [1.165, 1.54) is 29.8 Å². The molecular weight excluding hydrogens is 225 g/mol. The lowest BCUT2D eigenvalue weighted by atomic mass is 9.60. The highest BCUT2D eigenvalue weighted by molar-refractivity contribution is 6.58. The third-order valence-electron chi connectivity index (χ3n) is 4.29. The molecule has 0 aliphatic carbocycles. The van der Waals surface area contributed by atoms with E-state index in [0.29, 0.717) is 0 Å². The Morgan fingerprint density at radius 3 is 2.56 bits per heavy atom. The molecule has 3 rings (SSSR count). The third kappa shape index (κ3) is 2.46. The number of benzene rings is 1. The molecule has 1 atom stereocenters. The molecule has 2 aliphatic heterocycles. The first-order valence-electron chi connectivity index (χ1n) is 7.22. The lowest BCUT2D eigenvalue weighted by Gasteiger charge is -2.51. The summed E-state index contributed by atoms with van der Waals surface area (Å²) in [6.45, 7) is 2.87. The standard InChI is InChI=1S/C14H22BNO2/c1-2-7-14(8-3-1)13-16-10-5-4-9-15(16)17-11-6-12-18-15/h1-3,7-8,16H,4-6,9-13H2. The van der Waals surface area contributed by atoms with Gasteiger partial charge in [0, 0.05) is 25.3 Å². The van der Waals surface area contributed by atoms with Gasteiger partial charge in [0.2, 0.25) is 0 Å². The number of rotatable bonds is 2. The number of hydrogen-bond acceptors (Lipinski definition) is 2. The fourth-order valence-corrected chi connectivity index (χ4v) is 3.35. The van der Waals surface area contributed by atoms with Crippen molar-refractivity contribution in [2.45, 2.75) is 32.1 Å². The molecule has 0 saturated carbocycles. The van der Waals surface area contributed by atoms with Gasteiger partial charge in [0.15, 0.2) is 0 Å². The average Bonchev–Trinajstić information content (AvgIpc) is 2.44. The van der Waals surface area contributed by atoms with E-state index in [1.54, 1.807) is 0 Å². The Morgan fingerprint density at radius 2 is 1.78 bits per heavy atom. The molecular formula is C14H22BNO2. The van der Waals surface area contributed by atoms with Crippen LogP contribution < -0.4 is 4.81 Å². The largest absolute Gasteiger partial charge is 0.514 e. The molecule has 3 nitrogen and oxygen atoms in total. The van der Waals surface area contributed by atoms with E-state index < -0.39 is 6.69 Å². The molecule has 0 amide bonds. The van der Waals surface area contributed by atoms with Crippen molar-refractivity contribution in [1.82, 2.24) is 0 Å². The first-order valence-corrected chi connectivity index (χ1v) is 7.22. The Bertz CT molecular complexity index is 370. The van der Waals surface area contributed by atoms with E-state index in [2.05, 4.69) is 30.3 Å². The lowest BCUT2D eigenvalue weighted by molar-refractivity contribution is -0.835. The van der Waals surface area contributed by atoms with Crippen molar-refractivity contribution in [2.75, 3.05) is 19.8 Å². The molecule has 1 spiro atoms. The third-order valence-corrected chi connectivity index (χ3v) is 4.29. The first-order chi connectivity index (χ1) is 8.89. The minimum Gasteiger partial charge on any atom is -0.514 e.